The topological polar surface area (TPSA) is 69.9 Å². The van der Waals surface area contributed by atoms with Gasteiger partial charge < -0.3 is 9.80 Å². The third kappa shape index (κ3) is 2.52. The molecule has 4 heterocycles. The van der Waals surface area contributed by atoms with Crippen LogP contribution in [0.2, 0.25) is 5.02 Å². The van der Waals surface area contributed by atoms with Crippen molar-refractivity contribution in [2.24, 2.45) is 5.92 Å². The van der Waals surface area contributed by atoms with Crippen molar-refractivity contribution < 1.29 is 9.72 Å². The minimum atomic E-state index is -0.516. The zero-order valence-corrected chi connectivity index (χ0v) is 14.0. The molecular weight excluding hydrogens is 332 g/mol. The van der Waals surface area contributed by atoms with E-state index in [0.717, 1.165) is 32.5 Å². The largest absolute Gasteiger partial charge is 0.324 e. The van der Waals surface area contributed by atoms with Crippen molar-refractivity contribution in [2.75, 3.05) is 37.6 Å². The first-order chi connectivity index (χ1) is 11.5. The molecule has 1 atom stereocenters. The van der Waals surface area contributed by atoms with Gasteiger partial charge in [0.05, 0.1) is 10.6 Å². The maximum absolute atomic E-state index is 12.9. The summed E-state index contributed by atoms with van der Waals surface area (Å²) in [6.45, 7) is 4.45. The molecular formula is C16H19ClN4O3. The number of rotatable bonds is 3. The van der Waals surface area contributed by atoms with Gasteiger partial charge in [0.1, 0.15) is 5.02 Å². The normalized spacial score (nSPS) is 29.4. The van der Waals surface area contributed by atoms with E-state index in [1.54, 1.807) is 11.0 Å². The number of nitro groups is 1. The van der Waals surface area contributed by atoms with E-state index in [4.69, 9.17) is 11.6 Å². The number of nitrogens with zero attached hydrogens (tertiary/aromatic N) is 4. The second-order valence-corrected chi connectivity index (χ2v) is 7.13. The van der Waals surface area contributed by atoms with Gasteiger partial charge in [-0.2, -0.15) is 0 Å². The summed E-state index contributed by atoms with van der Waals surface area (Å²) >= 11 is 5.87. The first-order valence-corrected chi connectivity index (χ1v) is 8.67. The SMILES string of the molecule is O=C1N(c2ccc(Cl)c([N+](=O)[O-])c2)CCN1C1CN2CCC1CC2. The first kappa shape index (κ1) is 15.7. The van der Waals surface area contributed by atoms with Crippen LogP contribution in [0.4, 0.5) is 16.2 Å². The zero-order chi connectivity index (χ0) is 16.8. The molecule has 1 aromatic rings. The van der Waals surface area contributed by atoms with E-state index in [1.165, 1.54) is 12.1 Å². The van der Waals surface area contributed by atoms with Crippen molar-refractivity contribution in [2.45, 2.75) is 18.9 Å². The number of halogens is 1. The second-order valence-electron chi connectivity index (χ2n) is 6.73. The number of amides is 2. The van der Waals surface area contributed by atoms with E-state index in [2.05, 4.69) is 4.90 Å². The van der Waals surface area contributed by atoms with Crippen LogP contribution < -0.4 is 4.90 Å². The Morgan fingerprint density at radius 1 is 1.17 bits per heavy atom. The van der Waals surface area contributed by atoms with Gasteiger partial charge in [-0.25, -0.2) is 4.79 Å². The quantitative estimate of drug-likeness (QED) is 0.620. The predicted octanol–water partition coefficient (Wildman–Crippen LogP) is 2.58. The van der Waals surface area contributed by atoms with E-state index in [1.807, 2.05) is 4.90 Å². The minimum absolute atomic E-state index is 0.0506. The summed E-state index contributed by atoms with van der Waals surface area (Å²) in [5.74, 6) is 0.582. The Labute approximate surface area is 144 Å². The van der Waals surface area contributed by atoms with Gasteiger partial charge in [0.25, 0.3) is 5.69 Å². The molecule has 24 heavy (non-hydrogen) atoms. The molecule has 4 aliphatic rings. The number of hydrogen-bond acceptors (Lipinski definition) is 4. The highest BCUT2D eigenvalue weighted by molar-refractivity contribution is 6.32. The van der Waals surface area contributed by atoms with Crippen molar-refractivity contribution in [1.29, 1.82) is 0 Å². The van der Waals surface area contributed by atoms with E-state index >= 15 is 0 Å². The Kier molecular flexibility index (Phi) is 3.85. The molecule has 2 bridgehead atoms. The van der Waals surface area contributed by atoms with Gasteiger partial charge in [-0.05, 0) is 44.0 Å². The highest BCUT2D eigenvalue weighted by Crippen LogP contribution is 2.35. The lowest BCUT2D eigenvalue weighted by atomic mass is 9.83. The number of carbonyl (C=O) groups excluding carboxylic acids is 1. The Morgan fingerprint density at radius 3 is 2.54 bits per heavy atom. The molecule has 2 amide bonds. The lowest BCUT2D eigenvalue weighted by Gasteiger charge is -2.47. The smallest absolute Gasteiger partial charge is 0.318 e. The highest BCUT2D eigenvalue weighted by atomic mass is 35.5. The van der Waals surface area contributed by atoms with Crippen LogP contribution in [0.5, 0.6) is 0 Å². The molecule has 4 saturated heterocycles. The average molecular weight is 351 g/mol. The Balaban J connectivity index is 1.55. The number of carbonyl (C=O) groups is 1. The lowest BCUT2D eigenvalue weighted by molar-refractivity contribution is -0.384. The van der Waals surface area contributed by atoms with Gasteiger partial charge in [0.15, 0.2) is 0 Å². The lowest BCUT2D eigenvalue weighted by Crippen LogP contribution is -2.58. The van der Waals surface area contributed by atoms with E-state index in [9.17, 15) is 14.9 Å². The minimum Gasteiger partial charge on any atom is -0.318 e. The predicted molar refractivity (Wildman–Crippen MR) is 90.5 cm³/mol. The first-order valence-electron chi connectivity index (χ1n) is 8.29. The standard InChI is InChI=1S/C16H19ClN4O3/c17-13-2-1-12(9-14(13)21(23)24)19-7-8-20(16(19)22)15-10-18-5-3-11(15)4-6-18/h1-2,9,11,15H,3-8,10H2. The molecule has 8 heteroatoms. The molecule has 7 nitrogen and oxygen atoms in total. The van der Waals surface area contributed by atoms with Gasteiger partial charge in [-0.1, -0.05) is 11.6 Å². The van der Waals surface area contributed by atoms with Crippen LogP contribution in [0.3, 0.4) is 0 Å². The van der Waals surface area contributed by atoms with Gasteiger partial charge in [0.2, 0.25) is 0 Å². The van der Waals surface area contributed by atoms with E-state index in [0.29, 0.717) is 24.7 Å². The molecule has 0 aromatic heterocycles. The Morgan fingerprint density at radius 2 is 1.92 bits per heavy atom. The number of benzene rings is 1. The third-order valence-electron chi connectivity index (χ3n) is 5.50. The van der Waals surface area contributed by atoms with Crippen LogP contribution in [-0.4, -0.2) is 59.5 Å². The maximum atomic E-state index is 12.9. The number of hydrogen-bond donors (Lipinski definition) is 0. The van der Waals surface area contributed by atoms with Gasteiger partial charge in [0, 0.05) is 31.7 Å². The summed E-state index contributed by atoms with van der Waals surface area (Å²) < 4.78 is 0. The summed E-state index contributed by atoms with van der Waals surface area (Å²) in [5, 5.41) is 11.2. The summed E-state index contributed by atoms with van der Waals surface area (Å²) in [6.07, 6.45) is 2.31. The van der Waals surface area contributed by atoms with Crippen molar-refractivity contribution >= 4 is 29.0 Å². The summed E-state index contributed by atoms with van der Waals surface area (Å²) in [7, 11) is 0. The van der Waals surface area contributed by atoms with Crippen LogP contribution in [0.25, 0.3) is 0 Å². The summed E-state index contributed by atoms with van der Waals surface area (Å²) in [6, 6.07) is 4.77. The molecule has 0 saturated carbocycles. The van der Waals surface area contributed by atoms with Crippen molar-refractivity contribution in [3.63, 3.8) is 0 Å². The van der Waals surface area contributed by atoms with Crippen LogP contribution >= 0.6 is 11.6 Å². The number of fused-ring (bicyclic) bond motifs is 3. The molecule has 0 radical (unpaired) electrons. The highest BCUT2D eigenvalue weighted by Gasteiger charge is 2.43. The molecule has 4 aliphatic heterocycles. The van der Waals surface area contributed by atoms with Crippen LogP contribution in [-0.2, 0) is 0 Å². The molecule has 1 unspecified atom stereocenters. The van der Waals surface area contributed by atoms with Gasteiger partial charge >= 0.3 is 6.03 Å². The van der Waals surface area contributed by atoms with E-state index in [-0.39, 0.29) is 22.8 Å². The average Bonchev–Trinajstić information content (AvgIpc) is 2.97. The Hall–Kier alpha value is -1.86. The summed E-state index contributed by atoms with van der Waals surface area (Å²) in [4.78, 5) is 29.4. The molecule has 0 N–H and O–H groups in total. The van der Waals surface area contributed by atoms with Crippen LogP contribution in [0.15, 0.2) is 18.2 Å². The molecule has 128 valence electrons. The number of nitro benzene ring substituents is 1. The van der Waals surface area contributed by atoms with E-state index < -0.39 is 4.92 Å². The number of piperidine rings is 3. The van der Waals surface area contributed by atoms with Crippen molar-refractivity contribution in [3.05, 3.63) is 33.3 Å². The second kappa shape index (κ2) is 5.89. The number of anilines is 1. The maximum Gasteiger partial charge on any atom is 0.324 e. The fourth-order valence-electron chi connectivity index (χ4n) is 4.20. The van der Waals surface area contributed by atoms with Crippen LogP contribution in [0.1, 0.15) is 12.8 Å². The number of urea groups is 1. The monoisotopic (exact) mass is 350 g/mol. The summed E-state index contributed by atoms with van der Waals surface area (Å²) in [5.41, 5.74) is 0.378. The van der Waals surface area contributed by atoms with Gasteiger partial charge in [-0.3, -0.25) is 15.0 Å². The fraction of sp³-hybridized carbons (Fsp3) is 0.562. The molecule has 0 spiro atoms. The third-order valence-corrected chi connectivity index (χ3v) is 5.82. The van der Waals surface area contributed by atoms with Gasteiger partial charge in [-0.15, -0.1) is 0 Å². The molecule has 1 aromatic carbocycles. The zero-order valence-electron chi connectivity index (χ0n) is 13.2. The van der Waals surface area contributed by atoms with Crippen molar-refractivity contribution in [1.82, 2.24) is 9.80 Å². The molecule has 5 rings (SSSR count). The van der Waals surface area contributed by atoms with Crippen molar-refractivity contribution in [3.8, 4) is 0 Å². The van der Waals surface area contributed by atoms with Crippen LogP contribution in [0, 0.1) is 16.0 Å². The molecule has 0 aliphatic carbocycles. The Bertz CT molecular complexity index is 690. The molecule has 4 fully saturated rings. The fourth-order valence-corrected chi connectivity index (χ4v) is 4.38.